The lowest BCUT2D eigenvalue weighted by molar-refractivity contribution is 0.381. The lowest BCUT2D eigenvalue weighted by atomic mass is 9.73. The summed E-state index contributed by atoms with van der Waals surface area (Å²) in [7, 11) is 0. The second kappa shape index (κ2) is 7.89. The molecule has 1 aromatic carbocycles. The van der Waals surface area contributed by atoms with Crippen LogP contribution in [0.1, 0.15) is 45.0 Å². The molecule has 0 radical (unpaired) electrons. The molecule has 0 saturated heterocycles. The van der Waals surface area contributed by atoms with Gasteiger partial charge in [0.25, 0.3) is 5.56 Å². The highest BCUT2D eigenvalue weighted by Crippen LogP contribution is 2.33. The van der Waals surface area contributed by atoms with Gasteiger partial charge in [0.2, 0.25) is 0 Å². The Morgan fingerprint density at radius 2 is 1.97 bits per heavy atom. The highest BCUT2D eigenvalue weighted by Gasteiger charge is 2.32. The van der Waals surface area contributed by atoms with Gasteiger partial charge >= 0.3 is 0 Å². The van der Waals surface area contributed by atoms with Gasteiger partial charge in [0.05, 0.1) is 17.1 Å². The number of halogens is 1. The zero-order chi connectivity index (χ0) is 21.3. The summed E-state index contributed by atoms with van der Waals surface area (Å²) in [4.78, 5) is 23.6. The normalized spacial score (nSPS) is 12.0. The lowest BCUT2D eigenvalue weighted by Crippen LogP contribution is -2.34. The van der Waals surface area contributed by atoms with E-state index >= 15 is 0 Å². The molecule has 6 nitrogen and oxygen atoms in total. The molecule has 0 amide bonds. The van der Waals surface area contributed by atoms with Crippen LogP contribution in [0.3, 0.4) is 0 Å². The van der Waals surface area contributed by atoms with Gasteiger partial charge in [-0.25, -0.2) is 9.37 Å². The summed E-state index contributed by atoms with van der Waals surface area (Å²) in [5.41, 5.74) is 2.20. The zero-order valence-electron chi connectivity index (χ0n) is 17.5. The smallest absolute Gasteiger partial charge is 0.252 e. The molecule has 0 aliphatic rings. The van der Waals surface area contributed by atoms with E-state index in [9.17, 15) is 9.18 Å². The number of rotatable bonds is 7. The van der Waals surface area contributed by atoms with E-state index in [4.69, 9.17) is 0 Å². The molecule has 4 rings (SSSR count). The van der Waals surface area contributed by atoms with Crippen LogP contribution in [-0.4, -0.2) is 24.7 Å². The van der Waals surface area contributed by atoms with Crippen LogP contribution >= 0.6 is 0 Å². The van der Waals surface area contributed by atoms with Crippen LogP contribution in [0.5, 0.6) is 0 Å². The predicted octanol–water partition coefficient (Wildman–Crippen LogP) is 4.57. The largest absolute Gasteiger partial charge is 0.349 e. The molecule has 30 heavy (non-hydrogen) atoms. The van der Waals surface area contributed by atoms with Crippen LogP contribution in [0, 0.1) is 5.82 Å². The van der Waals surface area contributed by atoms with E-state index in [1.165, 1.54) is 12.3 Å². The molecule has 3 aromatic heterocycles. The van der Waals surface area contributed by atoms with Crippen molar-refractivity contribution in [2.45, 2.75) is 52.0 Å². The highest BCUT2D eigenvalue weighted by atomic mass is 19.1. The maximum Gasteiger partial charge on any atom is 0.252 e. The molecule has 3 heterocycles. The Labute approximate surface area is 174 Å². The van der Waals surface area contributed by atoms with Crippen LogP contribution in [-0.2, 0) is 18.4 Å². The summed E-state index contributed by atoms with van der Waals surface area (Å²) in [6.45, 7) is 6.79. The third-order valence-electron chi connectivity index (χ3n) is 6.22. The van der Waals surface area contributed by atoms with Crippen molar-refractivity contribution >= 4 is 10.9 Å². The zero-order valence-corrected chi connectivity index (χ0v) is 17.5. The van der Waals surface area contributed by atoms with Gasteiger partial charge in [-0.2, -0.15) is 5.10 Å². The average Bonchev–Trinajstić information content (AvgIpc) is 3.41. The number of nitrogens with one attached hydrogen (secondary N) is 2. The Bertz CT molecular complexity index is 1220. The van der Waals surface area contributed by atoms with E-state index in [1.807, 2.05) is 25.1 Å². The van der Waals surface area contributed by atoms with Crippen molar-refractivity contribution in [3.63, 3.8) is 0 Å². The van der Waals surface area contributed by atoms with Crippen molar-refractivity contribution in [3.05, 3.63) is 70.4 Å². The molecule has 0 atom stereocenters. The minimum Gasteiger partial charge on any atom is -0.349 e. The number of H-pyrrole nitrogens is 2. The Balaban J connectivity index is 1.78. The molecular weight excluding hydrogens is 381 g/mol. The van der Waals surface area contributed by atoms with Crippen molar-refractivity contribution in [1.29, 1.82) is 0 Å². The number of benzene rings is 1. The van der Waals surface area contributed by atoms with Crippen LogP contribution in [0.15, 0.2) is 47.7 Å². The van der Waals surface area contributed by atoms with Crippen molar-refractivity contribution in [2.75, 3.05) is 0 Å². The predicted molar refractivity (Wildman–Crippen MR) is 116 cm³/mol. The number of hydrogen-bond acceptors (Lipinski definition) is 3. The van der Waals surface area contributed by atoms with Crippen molar-refractivity contribution < 1.29 is 4.39 Å². The van der Waals surface area contributed by atoms with Crippen molar-refractivity contribution in [1.82, 2.24) is 24.7 Å². The Morgan fingerprint density at radius 1 is 1.17 bits per heavy atom. The van der Waals surface area contributed by atoms with Gasteiger partial charge in [-0.05, 0) is 38.0 Å². The first-order chi connectivity index (χ1) is 14.5. The van der Waals surface area contributed by atoms with Crippen LogP contribution < -0.4 is 5.56 Å². The Kier molecular flexibility index (Phi) is 5.28. The summed E-state index contributed by atoms with van der Waals surface area (Å²) < 4.78 is 16.4. The number of aryl methyl sites for hydroxylation is 1. The molecule has 4 aromatic rings. The van der Waals surface area contributed by atoms with E-state index in [1.54, 1.807) is 17.1 Å². The molecule has 156 valence electrons. The van der Waals surface area contributed by atoms with Crippen molar-refractivity contribution in [2.24, 2.45) is 0 Å². The maximum absolute atomic E-state index is 14.6. The molecule has 0 unspecified atom stereocenters. The number of fused-ring (bicyclic) bond motifs is 1. The van der Waals surface area contributed by atoms with Gasteiger partial charge in [0.1, 0.15) is 11.6 Å². The standard InChI is InChI=1S/C23H26FN5O/c1-4-23(5-2,13-21-25-9-10-26-21)17-7-8-19(28-22(17)30)15-11-18(24)16-14-27-29(6-3)20(16)12-15/h7-12,14H,4-6,13H2,1-3H3,(H,25,26)(H,28,30). The summed E-state index contributed by atoms with van der Waals surface area (Å²) >= 11 is 0. The molecule has 0 spiro atoms. The SMILES string of the molecule is CCn1ncc2c(F)cc(-c3ccc(C(CC)(CC)Cc4ncc[nH]4)c(=O)[nH]3)cc21. The number of hydrogen-bond donors (Lipinski definition) is 2. The number of aromatic nitrogens is 5. The van der Waals surface area contributed by atoms with Gasteiger partial charge in [0.15, 0.2) is 0 Å². The van der Waals surface area contributed by atoms with E-state index < -0.39 is 0 Å². The summed E-state index contributed by atoms with van der Waals surface area (Å²) in [5.74, 6) is 0.518. The topological polar surface area (TPSA) is 79.4 Å². The first-order valence-corrected chi connectivity index (χ1v) is 10.4. The Morgan fingerprint density at radius 3 is 2.60 bits per heavy atom. The molecule has 0 bridgehead atoms. The summed E-state index contributed by atoms with van der Waals surface area (Å²) in [6, 6.07) is 7.07. The fraction of sp³-hybridized carbons (Fsp3) is 0.348. The van der Waals surface area contributed by atoms with E-state index in [2.05, 4.69) is 33.9 Å². The van der Waals surface area contributed by atoms with Gasteiger partial charge in [-0.15, -0.1) is 0 Å². The third-order valence-corrected chi connectivity index (χ3v) is 6.22. The number of nitrogens with zero attached hydrogens (tertiary/aromatic N) is 3. The van der Waals surface area contributed by atoms with E-state index in [0.29, 0.717) is 35.1 Å². The van der Waals surface area contributed by atoms with Crippen LogP contribution in [0.2, 0.25) is 0 Å². The minimum absolute atomic E-state index is 0.146. The molecule has 0 saturated carbocycles. The van der Waals surface area contributed by atoms with Gasteiger partial charge in [0, 0.05) is 47.6 Å². The average molecular weight is 407 g/mol. The van der Waals surface area contributed by atoms with Crippen molar-refractivity contribution in [3.8, 4) is 11.3 Å². The van der Waals surface area contributed by atoms with Gasteiger partial charge in [-0.3, -0.25) is 9.48 Å². The molecule has 0 aliphatic carbocycles. The second-order valence-electron chi connectivity index (χ2n) is 7.67. The molecule has 2 N–H and O–H groups in total. The minimum atomic E-state index is -0.346. The van der Waals surface area contributed by atoms with Gasteiger partial charge in [-0.1, -0.05) is 19.9 Å². The fourth-order valence-corrected chi connectivity index (χ4v) is 4.29. The first-order valence-electron chi connectivity index (χ1n) is 10.4. The molecule has 0 fully saturated rings. The first kappa shape index (κ1) is 20.1. The third kappa shape index (κ3) is 3.34. The second-order valence-corrected chi connectivity index (χ2v) is 7.67. The monoisotopic (exact) mass is 407 g/mol. The highest BCUT2D eigenvalue weighted by molar-refractivity contribution is 5.84. The van der Waals surface area contributed by atoms with Gasteiger partial charge < -0.3 is 9.97 Å². The number of imidazole rings is 1. The molecule has 7 heteroatoms. The van der Waals surface area contributed by atoms with Crippen LogP contribution in [0.25, 0.3) is 22.2 Å². The maximum atomic E-state index is 14.6. The van der Waals surface area contributed by atoms with Crippen LogP contribution in [0.4, 0.5) is 4.39 Å². The number of pyridine rings is 1. The Hall–Kier alpha value is -3.22. The number of aromatic amines is 2. The lowest BCUT2D eigenvalue weighted by Gasteiger charge is -2.31. The van der Waals surface area contributed by atoms with E-state index in [0.717, 1.165) is 24.2 Å². The summed E-state index contributed by atoms with van der Waals surface area (Å²) in [6.07, 6.45) is 7.33. The molecule has 0 aliphatic heterocycles. The quantitative estimate of drug-likeness (QED) is 0.471. The summed E-state index contributed by atoms with van der Waals surface area (Å²) in [5, 5.41) is 4.71. The fourth-order valence-electron chi connectivity index (χ4n) is 4.29. The molecular formula is C23H26FN5O. The van der Waals surface area contributed by atoms with E-state index in [-0.39, 0.29) is 16.8 Å².